The first kappa shape index (κ1) is 15.6. The number of ether oxygens (including phenoxy) is 1. The summed E-state index contributed by atoms with van der Waals surface area (Å²) in [5, 5.41) is 0.699. The molecular formula is C15H11Cl2FO3. The lowest BCUT2D eigenvalue weighted by molar-refractivity contribution is -0.0789. The summed E-state index contributed by atoms with van der Waals surface area (Å²) in [5.74, 6) is -0.548. The molecule has 0 aliphatic rings. The standard InChI is InChI=1S/C15H11Cl2FO3/c1-2-9-3-5-11(15(19)21-18)14(7-9)20-10-4-6-12(16)13(17)8-10/h3-8H,2H2,1H3. The summed E-state index contributed by atoms with van der Waals surface area (Å²) in [6.07, 6.45) is 0.739. The van der Waals surface area contributed by atoms with E-state index in [1.807, 2.05) is 6.92 Å². The molecule has 0 aliphatic carbocycles. The highest BCUT2D eigenvalue weighted by molar-refractivity contribution is 6.42. The number of carbonyl (C=O) groups excluding carboxylic acids is 1. The molecule has 0 saturated carbocycles. The van der Waals surface area contributed by atoms with E-state index in [0.29, 0.717) is 15.8 Å². The van der Waals surface area contributed by atoms with Crippen molar-refractivity contribution >= 4 is 29.2 Å². The summed E-state index contributed by atoms with van der Waals surface area (Å²) in [5.41, 5.74) is 0.918. The smallest absolute Gasteiger partial charge is 0.383 e. The molecular weight excluding hydrogens is 318 g/mol. The lowest BCUT2D eigenvalue weighted by Gasteiger charge is -2.11. The number of carbonyl (C=O) groups is 1. The van der Waals surface area contributed by atoms with E-state index in [9.17, 15) is 9.32 Å². The molecule has 6 heteroatoms. The van der Waals surface area contributed by atoms with Gasteiger partial charge in [-0.25, -0.2) is 9.74 Å². The van der Waals surface area contributed by atoms with Crippen LogP contribution in [0.2, 0.25) is 10.0 Å². The van der Waals surface area contributed by atoms with Crippen LogP contribution in [0.15, 0.2) is 36.4 Å². The van der Waals surface area contributed by atoms with Crippen LogP contribution in [0.5, 0.6) is 11.5 Å². The van der Waals surface area contributed by atoms with Gasteiger partial charge in [-0.1, -0.05) is 36.2 Å². The molecule has 2 aromatic carbocycles. The zero-order chi connectivity index (χ0) is 15.4. The Morgan fingerprint density at radius 2 is 1.90 bits per heavy atom. The minimum Gasteiger partial charge on any atom is -0.456 e. The van der Waals surface area contributed by atoms with E-state index in [1.165, 1.54) is 12.1 Å². The van der Waals surface area contributed by atoms with Gasteiger partial charge >= 0.3 is 5.97 Å². The Hall–Kier alpha value is -1.78. The maximum Gasteiger partial charge on any atom is 0.383 e. The second kappa shape index (κ2) is 6.78. The summed E-state index contributed by atoms with van der Waals surface area (Å²) >= 11 is 11.7. The SMILES string of the molecule is CCc1ccc(C(=O)OF)c(Oc2ccc(Cl)c(Cl)c2)c1. The van der Waals surface area contributed by atoms with Gasteiger partial charge in [0.2, 0.25) is 0 Å². The van der Waals surface area contributed by atoms with Gasteiger partial charge in [0.15, 0.2) is 0 Å². The normalized spacial score (nSPS) is 10.3. The molecule has 0 bridgehead atoms. The number of hydrogen-bond acceptors (Lipinski definition) is 3. The van der Waals surface area contributed by atoms with Crippen LogP contribution in [0.3, 0.4) is 0 Å². The van der Waals surface area contributed by atoms with Crippen molar-refractivity contribution in [2.75, 3.05) is 0 Å². The van der Waals surface area contributed by atoms with E-state index in [0.717, 1.165) is 12.0 Å². The van der Waals surface area contributed by atoms with E-state index >= 15 is 0 Å². The summed E-state index contributed by atoms with van der Waals surface area (Å²) in [6, 6.07) is 9.47. The van der Waals surface area contributed by atoms with E-state index < -0.39 is 5.97 Å². The second-order valence-electron chi connectivity index (χ2n) is 4.23. The fourth-order valence-electron chi connectivity index (χ4n) is 1.75. The van der Waals surface area contributed by atoms with Gasteiger partial charge in [0.05, 0.1) is 10.0 Å². The number of benzene rings is 2. The maximum atomic E-state index is 12.1. The van der Waals surface area contributed by atoms with Gasteiger partial charge in [-0.2, -0.15) is 0 Å². The van der Waals surface area contributed by atoms with Crippen molar-refractivity contribution < 1.29 is 19.0 Å². The third kappa shape index (κ3) is 3.65. The molecule has 21 heavy (non-hydrogen) atoms. The molecule has 0 radical (unpaired) electrons. The molecule has 2 aromatic rings. The minimum absolute atomic E-state index is 0.0132. The molecule has 0 spiro atoms. The van der Waals surface area contributed by atoms with Gasteiger partial charge in [0.1, 0.15) is 17.1 Å². The predicted octanol–water partition coefficient (Wildman–Crippen LogP) is 5.39. The van der Waals surface area contributed by atoms with Gasteiger partial charge in [-0.3, -0.25) is 0 Å². The summed E-state index contributed by atoms with van der Waals surface area (Å²) in [6.45, 7) is 1.95. The van der Waals surface area contributed by atoms with Gasteiger partial charge in [-0.05, 0) is 36.2 Å². The zero-order valence-electron chi connectivity index (χ0n) is 11.0. The van der Waals surface area contributed by atoms with Crippen LogP contribution in [0.1, 0.15) is 22.8 Å². The van der Waals surface area contributed by atoms with E-state index in [1.54, 1.807) is 24.3 Å². The van der Waals surface area contributed by atoms with Crippen molar-refractivity contribution in [3.05, 3.63) is 57.6 Å². The highest BCUT2D eigenvalue weighted by Gasteiger charge is 2.16. The fourth-order valence-corrected chi connectivity index (χ4v) is 2.04. The molecule has 0 aliphatic heterocycles. The largest absolute Gasteiger partial charge is 0.456 e. The van der Waals surface area contributed by atoms with Gasteiger partial charge in [0.25, 0.3) is 0 Å². The summed E-state index contributed by atoms with van der Waals surface area (Å²) in [4.78, 5) is 14.7. The highest BCUT2D eigenvalue weighted by atomic mass is 35.5. The molecule has 0 fully saturated rings. The lowest BCUT2D eigenvalue weighted by Crippen LogP contribution is -2.02. The van der Waals surface area contributed by atoms with E-state index in [4.69, 9.17) is 27.9 Å². The monoisotopic (exact) mass is 328 g/mol. The van der Waals surface area contributed by atoms with Crippen LogP contribution in [0.25, 0.3) is 0 Å². The van der Waals surface area contributed by atoms with Crippen LogP contribution in [0, 0.1) is 0 Å². The topological polar surface area (TPSA) is 35.5 Å². The number of hydrogen-bond donors (Lipinski definition) is 0. The average Bonchev–Trinajstić information content (AvgIpc) is 2.50. The summed E-state index contributed by atoms with van der Waals surface area (Å²) < 4.78 is 17.7. The molecule has 0 unspecified atom stereocenters. The van der Waals surface area contributed by atoms with E-state index in [-0.39, 0.29) is 11.3 Å². The third-order valence-corrected chi connectivity index (χ3v) is 3.60. The number of rotatable bonds is 4. The number of aryl methyl sites for hydroxylation is 1. The molecule has 0 amide bonds. The molecule has 0 N–H and O–H groups in total. The Labute approximate surface area is 131 Å². The molecule has 0 aromatic heterocycles. The fraction of sp³-hybridized carbons (Fsp3) is 0.133. The Morgan fingerprint density at radius 3 is 2.52 bits per heavy atom. The van der Waals surface area contributed by atoms with Gasteiger partial charge in [-0.15, -0.1) is 0 Å². The van der Waals surface area contributed by atoms with Crippen molar-refractivity contribution in [1.29, 1.82) is 0 Å². The van der Waals surface area contributed by atoms with Crippen LogP contribution >= 0.6 is 23.2 Å². The second-order valence-corrected chi connectivity index (χ2v) is 5.04. The molecule has 110 valence electrons. The Bertz CT molecular complexity index is 674. The van der Waals surface area contributed by atoms with Crippen LogP contribution < -0.4 is 4.74 Å². The molecule has 3 nitrogen and oxygen atoms in total. The molecule has 0 heterocycles. The van der Waals surface area contributed by atoms with Crippen LogP contribution in [0.4, 0.5) is 4.53 Å². The van der Waals surface area contributed by atoms with Gasteiger partial charge < -0.3 is 4.74 Å². The Morgan fingerprint density at radius 1 is 1.14 bits per heavy atom. The van der Waals surface area contributed by atoms with Crippen molar-refractivity contribution in [2.45, 2.75) is 13.3 Å². The van der Waals surface area contributed by atoms with Crippen molar-refractivity contribution in [2.24, 2.45) is 0 Å². The average molecular weight is 329 g/mol. The quantitative estimate of drug-likeness (QED) is 0.754. The van der Waals surface area contributed by atoms with Crippen molar-refractivity contribution in [3.63, 3.8) is 0 Å². The highest BCUT2D eigenvalue weighted by Crippen LogP contribution is 2.32. The van der Waals surface area contributed by atoms with E-state index in [2.05, 4.69) is 4.94 Å². The summed E-state index contributed by atoms with van der Waals surface area (Å²) in [7, 11) is 0. The first-order valence-corrected chi connectivity index (χ1v) is 6.89. The number of halogens is 3. The zero-order valence-corrected chi connectivity index (χ0v) is 12.5. The van der Waals surface area contributed by atoms with Crippen LogP contribution in [-0.2, 0) is 11.4 Å². The van der Waals surface area contributed by atoms with Crippen molar-refractivity contribution in [3.8, 4) is 11.5 Å². The Kier molecular flexibility index (Phi) is 5.04. The third-order valence-electron chi connectivity index (χ3n) is 2.86. The van der Waals surface area contributed by atoms with Crippen molar-refractivity contribution in [1.82, 2.24) is 0 Å². The molecule has 0 saturated heterocycles. The first-order valence-electron chi connectivity index (χ1n) is 6.14. The predicted molar refractivity (Wildman–Crippen MR) is 78.9 cm³/mol. The Balaban J connectivity index is 2.40. The molecule has 0 atom stereocenters. The van der Waals surface area contributed by atoms with Gasteiger partial charge in [0, 0.05) is 10.6 Å². The lowest BCUT2D eigenvalue weighted by atomic mass is 10.1. The molecule has 2 rings (SSSR count). The first-order chi connectivity index (χ1) is 10.0. The minimum atomic E-state index is -1.12. The maximum absolute atomic E-state index is 12.1. The van der Waals surface area contributed by atoms with Crippen LogP contribution in [-0.4, -0.2) is 5.97 Å².